The molecule has 0 aliphatic heterocycles. The van der Waals surface area contributed by atoms with E-state index in [2.05, 4.69) is 50.5 Å². The van der Waals surface area contributed by atoms with Crippen LogP contribution in [-0.2, 0) is 24.5 Å². The first-order valence-corrected chi connectivity index (χ1v) is 11.8. The van der Waals surface area contributed by atoms with Gasteiger partial charge in [-0.25, -0.2) is 9.36 Å². The first-order chi connectivity index (χ1) is 17.2. The second kappa shape index (κ2) is 10.5. The van der Waals surface area contributed by atoms with Crippen LogP contribution < -0.4 is 0 Å². The predicted octanol–water partition coefficient (Wildman–Crippen LogP) is 5.53. The first-order valence-electron chi connectivity index (χ1n) is 11.0. The second-order valence-electron chi connectivity index (χ2n) is 7.98. The van der Waals surface area contributed by atoms with Gasteiger partial charge in [0.25, 0.3) is 0 Å². The Bertz CT molecular complexity index is 1450. The van der Waals surface area contributed by atoms with Crippen molar-refractivity contribution in [3.05, 3.63) is 118 Å². The van der Waals surface area contributed by atoms with Crippen LogP contribution in [0.25, 0.3) is 16.9 Å². The summed E-state index contributed by atoms with van der Waals surface area (Å²) in [4.78, 5) is 0. The fourth-order valence-corrected chi connectivity index (χ4v) is 3.97. The highest BCUT2D eigenvalue weighted by atomic mass is 79.9. The van der Waals surface area contributed by atoms with E-state index in [1.807, 2.05) is 65.5 Å². The Morgan fingerprint density at radius 3 is 2.37 bits per heavy atom. The summed E-state index contributed by atoms with van der Waals surface area (Å²) in [6.45, 7) is 1.27. The molecule has 0 spiro atoms. The average molecular weight is 525 g/mol. The van der Waals surface area contributed by atoms with Crippen LogP contribution in [0.1, 0.15) is 22.5 Å². The molecule has 0 unspecified atom stereocenters. The van der Waals surface area contributed by atoms with Crippen LogP contribution in [0.3, 0.4) is 0 Å². The molecule has 35 heavy (non-hydrogen) atoms. The van der Waals surface area contributed by atoms with Crippen molar-refractivity contribution >= 4 is 15.9 Å². The zero-order chi connectivity index (χ0) is 24.0. The van der Waals surface area contributed by atoms with Crippen molar-refractivity contribution < 1.29 is 4.74 Å². The number of nitriles is 1. The van der Waals surface area contributed by atoms with Crippen molar-refractivity contribution in [2.45, 2.75) is 19.8 Å². The summed E-state index contributed by atoms with van der Waals surface area (Å²) in [6, 6.07) is 29.9. The summed E-state index contributed by atoms with van der Waals surface area (Å²) < 4.78 is 10.7. The SMILES string of the molecule is N#Cc1ccc(Cn2cc(COCc3cc(-c4ccc(Br)cc4)n(-c4ccccc4)n3)nn2)cc1. The molecule has 0 aliphatic rings. The fourth-order valence-electron chi connectivity index (χ4n) is 3.71. The molecule has 0 fully saturated rings. The summed E-state index contributed by atoms with van der Waals surface area (Å²) in [5, 5.41) is 22.1. The third-order valence-electron chi connectivity index (χ3n) is 5.41. The number of nitrogens with zero attached hydrogens (tertiary/aromatic N) is 6. The molecule has 0 radical (unpaired) electrons. The van der Waals surface area contributed by atoms with E-state index in [0.29, 0.717) is 25.3 Å². The Morgan fingerprint density at radius 2 is 1.63 bits per heavy atom. The highest BCUT2D eigenvalue weighted by Gasteiger charge is 2.12. The van der Waals surface area contributed by atoms with E-state index in [9.17, 15) is 0 Å². The minimum Gasteiger partial charge on any atom is -0.369 e. The molecule has 0 amide bonds. The number of ether oxygens (including phenoxy) is 1. The van der Waals surface area contributed by atoms with E-state index in [0.717, 1.165) is 38.4 Å². The molecule has 172 valence electrons. The number of rotatable bonds is 8. The largest absolute Gasteiger partial charge is 0.369 e. The molecule has 8 heteroatoms. The normalized spacial score (nSPS) is 10.9. The van der Waals surface area contributed by atoms with Crippen molar-refractivity contribution in [2.75, 3.05) is 0 Å². The van der Waals surface area contributed by atoms with Gasteiger partial charge in [-0.2, -0.15) is 10.4 Å². The standard InChI is InChI=1S/C27H21BrN6O/c28-23-12-10-22(11-13-23)27-14-24(31-34(27)26-4-2-1-3-5-26)18-35-19-25-17-33(32-30-25)16-21-8-6-20(15-29)7-9-21/h1-14,17H,16,18-19H2. The van der Waals surface area contributed by atoms with Crippen molar-refractivity contribution in [3.8, 4) is 23.0 Å². The monoisotopic (exact) mass is 524 g/mol. The number of aromatic nitrogens is 5. The Labute approximate surface area is 211 Å². The molecule has 3 aromatic carbocycles. The van der Waals surface area contributed by atoms with Crippen molar-refractivity contribution in [1.29, 1.82) is 5.26 Å². The van der Waals surface area contributed by atoms with Gasteiger partial charge in [0.2, 0.25) is 0 Å². The van der Waals surface area contributed by atoms with Gasteiger partial charge in [-0.15, -0.1) is 5.10 Å². The van der Waals surface area contributed by atoms with Crippen LogP contribution >= 0.6 is 15.9 Å². The summed E-state index contributed by atoms with van der Waals surface area (Å²) in [6.07, 6.45) is 1.87. The molecule has 2 aromatic heterocycles. The Morgan fingerprint density at radius 1 is 0.886 bits per heavy atom. The minimum atomic E-state index is 0.333. The summed E-state index contributed by atoms with van der Waals surface area (Å²) in [7, 11) is 0. The highest BCUT2D eigenvalue weighted by Crippen LogP contribution is 2.26. The zero-order valence-electron chi connectivity index (χ0n) is 18.8. The highest BCUT2D eigenvalue weighted by molar-refractivity contribution is 9.10. The van der Waals surface area contributed by atoms with Gasteiger partial charge in [0.05, 0.1) is 54.7 Å². The lowest BCUT2D eigenvalue weighted by Crippen LogP contribution is -2.01. The van der Waals surface area contributed by atoms with Crippen LogP contribution in [0.5, 0.6) is 0 Å². The molecule has 0 N–H and O–H groups in total. The maximum atomic E-state index is 8.93. The van der Waals surface area contributed by atoms with E-state index in [-0.39, 0.29) is 0 Å². The van der Waals surface area contributed by atoms with Crippen LogP contribution in [0.15, 0.2) is 95.6 Å². The first kappa shape index (κ1) is 22.7. The average Bonchev–Trinajstić information content (AvgIpc) is 3.53. The predicted molar refractivity (Wildman–Crippen MR) is 135 cm³/mol. The van der Waals surface area contributed by atoms with Crippen molar-refractivity contribution in [1.82, 2.24) is 24.8 Å². The Hall–Kier alpha value is -4.06. The zero-order valence-corrected chi connectivity index (χ0v) is 20.3. The Balaban J connectivity index is 1.26. The van der Waals surface area contributed by atoms with E-state index in [1.165, 1.54) is 0 Å². The molecule has 5 rings (SSSR count). The molecule has 5 aromatic rings. The molecular formula is C27H21BrN6O. The number of benzene rings is 3. The van der Waals surface area contributed by atoms with Gasteiger partial charge in [0, 0.05) is 10.0 Å². The van der Waals surface area contributed by atoms with Gasteiger partial charge >= 0.3 is 0 Å². The maximum absolute atomic E-state index is 8.93. The number of hydrogen-bond acceptors (Lipinski definition) is 5. The lowest BCUT2D eigenvalue weighted by Gasteiger charge is -2.07. The van der Waals surface area contributed by atoms with Gasteiger partial charge in [0.15, 0.2) is 0 Å². The van der Waals surface area contributed by atoms with E-state index < -0.39 is 0 Å². The number of halogens is 1. The summed E-state index contributed by atoms with van der Waals surface area (Å²) in [5.41, 5.74) is 6.32. The fraction of sp³-hybridized carbons (Fsp3) is 0.111. The maximum Gasteiger partial charge on any atom is 0.108 e. The van der Waals surface area contributed by atoms with Gasteiger partial charge in [-0.1, -0.05) is 63.6 Å². The van der Waals surface area contributed by atoms with Crippen LogP contribution in [-0.4, -0.2) is 24.8 Å². The number of para-hydroxylation sites is 1. The molecule has 7 nitrogen and oxygen atoms in total. The second-order valence-corrected chi connectivity index (χ2v) is 8.90. The summed E-state index contributed by atoms with van der Waals surface area (Å²) >= 11 is 3.50. The van der Waals surface area contributed by atoms with Gasteiger partial charge in [-0.3, -0.25) is 0 Å². The van der Waals surface area contributed by atoms with Crippen LogP contribution in [0, 0.1) is 11.3 Å². The third kappa shape index (κ3) is 5.54. The molecule has 0 atom stereocenters. The van der Waals surface area contributed by atoms with Crippen molar-refractivity contribution in [2.24, 2.45) is 0 Å². The lowest BCUT2D eigenvalue weighted by molar-refractivity contribution is 0.102. The third-order valence-corrected chi connectivity index (χ3v) is 5.94. The molecular weight excluding hydrogens is 504 g/mol. The van der Waals surface area contributed by atoms with E-state index in [1.54, 1.807) is 16.8 Å². The smallest absolute Gasteiger partial charge is 0.108 e. The van der Waals surface area contributed by atoms with E-state index in [4.69, 9.17) is 15.1 Å². The van der Waals surface area contributed by atoms with Gasteiger partial charge in [0.1, 0.15) is 5.69 Å². The van der Waals surface area contributed by atoms with E-state index >= 15 is 0 Å². The molecule has 2 heterocycles. The molecule has 0 saturated heterocycles. The number of hydrogen-bond donors (Lipinski definition) is 0. The molecule has 0 saturated carbocycles. The Kier molecular flexibility index (Phi) is 6.80. The van der Waals surface area contributed by atoms with Crippen LogP contribution in [0.4, 0.5) is 0 Å². The van der Waals surface area contributed by atoms with Crippen LogP contribution in [0.2, 0.25) is 0 Å². The van der Waals surface area contributed by atoms with Gasteiger partial charge in [-0.05, 0) is 48.0 Å². The van der Waals surface area contributed by atoms with Crippen molar-refractivity contribution in [3.63, 3.8) is 0 Å². The lowest BCUT2D eigenvalue weighted by atomic mass is 10.1. The topological polar surface area (TPSA) is 81.5 Å². The quantitative estimate of drug-likeness (QED) is 0.266. The summed E-state index contributed by atoms with van der Waals surface area (Å²) in [5.74, 6) is 0. The van der Waals surface area contributed by atoms with Gasteiger partial charge < -0.3 is 4.74 Å². The molecule has 0 aliphatic carbocycles. The minimum absolute atomic E-state index is 0.333. The molecule has 0 bridgehead atoms.